The van der Waals surface area contributed by atoms with Gasteiger partial charge in [-0.3, -0.25) is 14.4 Å². The summed E-state index contributed by atoms with van der Waals surface area (Å²) in [7, 11) is 0. The molecule has 2 amide bonds. The van der Waals surface area contributed by atoms with Crippen LogP contribution in [0.3, 0.4) is 0 Å². The highest BCUT2D eigenvalue weighted by atomic mass is 16.5. The van der Waals surface area contributed by atoms with Gasteiger partial charge in [-0.1, -0.05) is 120 Å². The third-order valence-electron chi connectivity index (χ3n) is 7.58. The standard InChI is InChI=1S/C36H52N2O6/c1-2-3-4-5-6-7-8-9-10-11-18-24-31(27-33(37)39)44-36(42)32(38-35(41)30-22-16-13-17-23-30)25-19-26-34(40)43-28-29-20-14-12-15-21-29/h12-17,20-23,31-32H,2-11,18-19,24-28H2,1H3,(H2,37,39)(H,38,41)/t31-,32-/m0/s1. The normalized spacial score (nSPS) is 12.2. The highest BCUT2D eigenvalue weighted by Gasteiger charge is 2.26. The van der Waals surface area contributed by atoms with E-state index in [-0.39, 0.29) is 25.9 Å². The molecular weight excluding hydrogens is 556 g/mol. The predicted molar refractivity (Wildman–Crippen MR) is 173 cm³/mol. The first kappa shape index (κ1) is 36.5. The Kier molecular flexibility index (Phi) is 18.9. The molecule has 0 aliphatic rings. The quantitative estimate of drug-likeness (QED) is 0.0960. The number of hydrogen-bond donors (Lipinski definition) is 2. The van der Waals surface area contributed by atoms with Crippen molar-refractivity contribution >= 4 is 23.8 Å². The molecule has 2 aromatic carbocycles. The summed E-state index contributed by atoms with van der Waals surface area (Å²) in [5.41, 5.74) is 6.75. The summed E-state index contributed by atoms with van der Waals surface area (Å²) in [5.74, 6) is -1.99. The van der Waals surface area contributed by atoms with Gasteiger partial charge in [0.1, 0.15) is 18.8 Å². The maximum absolute atomic E-state index is 13.3. The Morgan fingerprint density at radius 3 is 1.89 bits per heavy atom. The van der Waals surface area contributed by atoms with E-state index in [1.807, 2.05) is 30.3 Å². The Balaban J connectivity index is 1.85. The fourth-order valence-corrected chi connectivity index (χ4v) is 5.05. The highest BCUT2D eigenvalue weighted by Crippen LogP contribution is 2.17. The number of ether oxygens (including phenoxy) is 2. The van der Waals surface area contributed by atoms with E-state index in [9.17, 15) is 19.2 Å². The number of carbonyl (C=O) groups excluding carboxylic acids is 4. The van der Waals surface area contributed by atoms with Crippen molar-refractivity contribution in [1.82, 2.24) is 5.32 Å². The fraction of sp³-hybridized carbons (Fsp3) is 0.556. The maximum Gasteiger partial charge on any atom is 0.328 e. The van der Waals surface area contributed by atoms with Gasteiger partial charge in [0.25, 0.3) is 5.91 Å². The summed E-state index contributed by atoms with van der Waals surface area (Å²) in [6.45, 7) is 2.40. The molecule has 0 heterocycles. The predicted octanol–water partition coefficient (Wildman–Crippen LogP) is 7.19. The monoisotopic (exact) mass is 608 g/mol. The SMILES string of the molecule is CCCCCCCCCCCCC[C@@H](CC(N)=O)OC(=O)[C@H](CCCC(=O)OCc1ccccc1)NC(=O)c1ccccc1. The number of unbranched alkanes of at least 4 members (excludes halogenated alkanes) is 10. The lowest BCUT2D eigenvalue weighted by Crippen LogP contribution is -2.43. The van der Waals surface area contributed by atoms with Gasteiger partial charge in [-0.15, -0.1) is 0 Å². The van der Waals surface area contributed by atoms with Gasteiger partial charge in [-0.2, -0.15) is 0 Å². The Morgan fingerprint density at radius 1 is 0.727 bits per heavy atom. The minimum absolute atomic E-state index is 0.0747. The minimum Gasteiger partial charge on any atom is -0.461 e. The van der Waals surface area contributed by atoms with Crippen molar-refractivity contribution in [3.8, 4) is 0 Å². The number of rotatable bonds is 24. The van der Waals surface area contributed by atoms with Crippen molar-refractivity contribution in [3.05, 3.63) is 71.8 Å². The number of nitrogens with two attached hydrogens (primary N) is 1. The van der Waals surface area contributed by atoms with Crippen molar-refractivity contribution in [2.75, 3.05) is 0 Å². The van der Waals surface area contributed by atoms with Crippen molar-refractivity contribution in [1.29, 1.82) is 0 Å². The molecule has 3 N–H and O–H groups in total. The number of esters is 2. The number of hydrogen-bond acceptors (Lipinski definition) is 6. The summed E-state index contributed by atoms with van der Waals surface area (Å²) in [6, 6.07) is 17.0. The lowest BCUT2D eigenvalue weighted by Gasteiger charge is -2.22. The molecule has 2 aromatic rings. The zero-order valence-electron chi connectivity index (χ0n) is 26.5. The molecular formula is C36H52N2O6. The summed E-state index contributed by atoms with van der Waals surface area (Å²) >= 11 is 0. The van der Waals surface area contributed by atoms with Gasteiger partial charge in [-0.05, 0) is 43.4 Å². The van der Waals surface area contributed by atoms with Crippen LogP contribution in [0.15, 0.2) is 60.7 Å². The topological polar surface area (TPSA) is 125 Å². The van der Waals surface area contributed by atoms with Crippen LogP contribution in [0, 0.1) is 0 Å². The Morgan fingerprint density at radius 2 is 1.30 bits per heavy atom. The minimum atomic E-state index is -0.989. The Hall–Kier alpha value is -3.68. The first-order valence-corrected chi connectivity index (χ1v) is 16.4. The van der Waals surface area contributed by atoms with E-state index in [2.05, 4.69) is 12.2 Å². The van der Waals surface area contributed by atoms with Crippen LogP contribution in [0.2, 0.25) is 0 Å². The molecule has 2 atom stereocenters. The van der Waals surface area contributed by atoms with Crippen LogP contribution >= 0.6 is 0 Å². The second-order valence-electron chi connectivity index (χ2n) is 11.5. The van der Waals surface area contributed by atoms with Crippen LogP contribution in [0.5, 0.6) is 0 Å². The van der Waals surface area contributed by atoms with E-state index in [4.69, 9.17) is 15.2 Å². The molecule has 242 valence electrons. The van der Waals surface area contributed by atoms with Crippen molar-refractivity contribution < 1.29 is 28.7 Å². The van der Waals surface area contributed by atoms with Gasteiger partial charge < -0.3 is 20.5 Å². The smallest absolute Gasteiger partial charge is 0.328 e. The number of amides is 2. The molecule has 44 heavy (non-hydrogen) atoms. The van der Waals surface area contributed by atoms with Gasteiger partial charge in [0.15, 0.2) is 0 Å². The third kappa shape index (κ3) is 16.8. The van der Waals surface area contributed by atoms with Gasteiger partial charge in [-0.25, -0.2) is 4.79 Å². The van der Waals surface area contributed by atoms with Gasteiger partial charge >= 0.3 is 11.9 Å². The average molecular weight is 609 g/mol. The van der Waals surface area contributed by atoms with Crippen LogP contribution in [0.1, 0.15) is 126 Å². The van der Waals surface area contributed by atoms with Crippen molar-refractivity contribution in [2.45, 2.75) is 128 Å². The summed E-state index contributed by atoms with van der Waals surface area (Å²) < 4.78 is 11.1. The van der Waals surface area contributed by atoms with E-state index in [0.29, 0.717) is 18.4 Å². The highest BCUT2D eigenvalue weighted by molar-refractivity contribution is 5.96. The average Bonchev–Trinajstić information content (AvgIpc) is 3.02. The van der Waals surface area contributed by atoms with E-state index < -0.39 is 35.9 Å². The molecule has 0 aliphatic carbocycles. The van der Waals surface area contributed by atoms with Crippen molar-refractivity contribution in [3.63, 3.8) is 0 Å². The van der Waals surface area contributed by atoms with E-state index in [0.717, 1.165) is 24.8 Å². The van der Waals surface area contributed by atoms with Crippen LogP contribution < -0.4 is 11.1 Å². The molecule has 2 rings (SSSR count). The first-order chi connectivity index (χ1) is 21.4. The third-order valence-corrected chi connectivity index (χ3v) is 7.58. The number of benzene rings is 2. The van der Waals surface area contributed by atoms with E-state index in [1.54, 1.807) is 30.3 Å². The Labute approximate surface area is 263 Å². The molecule has 0 fully saturated rings. The second kappa shape index (κ2) is 22.8. The van der Waals surface area contributed by atoms with E-state index in [1.165, 1.54) is 51.4 Å². The van der Waals surface area contributed by atoms with Crippen molar-refractivity contribution in [2.24, 2.45) is 5.73 Å². The van der Waals surface area contributed by atoms with Gasteiger partial charge in [0.2, 0.25) is 5.91 Å². The maximum atomic E-state index is 13.3. The van der Waals surface area contributed by atoms with Crippen LogP contribution in [-0.4, -0.2) is 35.9 Å². The van der Waals surface area contributed by atoms with Gasteiger partial charge in [0.05, 0.1) is 6.42 Å². The molecule has 0 aromatic heterocycles. The summed E-state index contributed by atoms with van der Waals surface area (Å²) in [5, 5.41) is 2.75. The molecule has 0 unspecified atom stereocenters. The second-order valence-corrected chi connectivity index (χ2v) is 11.5. The van der Waals surface area contributed by atoms with Crippen LogP contribution in [-0.2, 0) is 30.5 Å². The molecule has 0 saturated heterocycles. The zero-order chi connectivity index (χ0) is 31.8. The van der Waals surface area contributed by atoms with Crippen LogP contribution in [0.4, 0.5) is 0 Å². The molecule has 0 aliphatic heterocycles. The molecule has 8 heteroatoms. The summed E-state index contributed by atoms with van der Waals surface area (Å²) in [6.07, 6.45) is 13.5. The lowest BCUT2D eigenvalue weighted by molar-refractivity contribution is -0.153. The van der Waals surface area contributed by atoms with Crippen LogP contribution in [0.25, 0.3) is 0 Å². The number of carbonyl (C=O) groups is 4. The lowest BCUT2D eigenvalue weighted by atomic mass is 10.0. The summed E-state index contributed by atoms with van der Waals surface area (Å²) in [4.78, 5) is 50.2. The number of nitrogens with one attached hydrogen (secondary N) is 1. The molecule has 8 nitrogen and oxygen atoms in total. The molecule has 0 spiro atoms. The fourth-order valence-electron chi connectivity index (χ4n) is 5.05. The molecule has 0 radical (unpaired) electrons. The molecule has 0 bridgehead atoms. The Bertz CT molecular complexity index is 1090. The first-order valence-electron chi connectivity index (χ1n) is 16.4. The van der Waals surface area contributed by atoms with Gasteiger partial charge in [0, 0.05) is 12.0 Å². The zero-order valence-corrected chi connectivity index (χ0v) is 26.5. The molecule has 0 saturated carbocycles. The van der Waals surface area contributed by atoms with E-state index >= 15 is 0 Å². The number of primary amides is 1. The largest absolute Gasteiger partial charge is 0.461 e.